The zero-order valence-electron chi connectivity index (χ0n) is 11.4. The molecule has 0 spiro atoms. The van der Waals surface area contributed by atoms with Crippen LogP contribution in [-0.4, -0.2) is 35.0 Å². The van der Waals surface area contributed by atoms with Crippen LogP contribution in [0.5, 0.6) is 0 Å². The molecule has 0 unspecified atom stereocenters. The third-order valence-corrected chi connectivity index (χ3v) is 4.59. The molecule has 1 N–H and O–H groups in total. The lowest BCUT2D eigenvalue weighted by molar-refractivity contribution is -0.140. The number of aliphatic hydroxyl groups is 1. The van der Waals surface area contributed by atoms with Crippen LogP contribution in [0.3, 0.4) is 0 Å². The Labute approximate surface area is 113 Å². The van der Waals surface area contributed by atoms with E-state index in [1.54, 1.807) is 0 Å². The number of hydrogen-bond acceptors (Lipinski definition) is 4. The quantitative estimate of drug-likeness (QED) is 0.313. The fourth-order valence-electron chi connectivity index (χ4n) is 3.31. The molecule has 4 nitrogen and oxygen atoms in total. The number of fused-ring (bicyclic) bond motifs is 2. The number of carbonyl (C=O) groups is 1. The van der Waals surface area contributed by atoms with Crippen LogP contribution in [0.15, 0.2) is 23.8 Å². The number of carbonyl (C=O) groups excluding carboxylic acids is 1. The van der Waals surface area contributed by atoms with Crippen molar-refractivity contribution >= 4 is 5.97 Å². The molecule has 104 valence electrons. The van der Waals surface area contributed by atoms with Gasteiger partial charge < -0.3 is 14.6 Å². The molecule has 3 aliphatic rings. The molecule has 4 heteroatoms. The molecule has 2 saturated heterocycles. The summed E-state index contributed by atoms with van der Waals surface area (Å²) < 4.78 is 11.1. The number of aliphatic hydroxyl groups excluding tert-OH is 1. The lowest BCUT2D eigenvalue weighted by Gasteiger charge is -2.24. The minimum atomic E-state index is -0.706. The van der Waals surface area contributed by atoms with Crippen molar-refractivity contribution in [2.45, 2.75) is 57.0 Å². The van der Waals surface area contributed by atoms with E-state index in [0.717, 1.165) is 18.4 Å². The van der Waals surface area contributed by atoms with E-state index in [9.17, 15) is 9.90 Å². The molecule has 3 rings (SSSR count). The molecule has 2 aliphatic heterocycles. The number of esters is 1. The molecule has 0 aromatic rings. The van der Waals surface area contributed by atoms with Crippen LogP contribution < -0.4 is 0 Å². The van der Waals surface area contributed by atoms with Gasteiger partial charge in [0, 0.05) is 12.0 Å². The van der Waals surface area contributed by atoms with Gasteiger partial charge in [0.15, 0.2) is 0 Å². The first-order valence-electron chi connectivity index (χ1n) is 6.84. The molecular formula is C15H20O4. The fraction of sp³-hybridized carbons (Fsp3) is 0.667. The fourth-order valence-corrected chi connectivity index (χ4v) is 3.31. The van der Waals surface area contributed by atoms with Gasteiger partial charge in [0.05, 0.1) is 23.7 Å². The van der Waals surface area contributed by atoms with Gasteiger partial charge in [-0.15, -0.1) is 0 Å². The van der Waals surface area contributed by atoms with Crippen molar-refractivity contribution in [3.05, 3.63) is 23.8 Å². The van der Waals surface area contributed by atoms with Crippen LogP contribution in [0, 0.1) is 5.92 Å². The highest BCUT2D eigenvalue weighted by Crippen LogP contribution is 2.47. The van der Waals surface area contributed by atoms with Crippen molar-refractivity contribution in [2.24, 2.45) is 5.92 Å². The van der Waals surface area contributed by atoms with Crippen molar-refractivity contribution in [1.29, 1.82) is 0 Å². The SMILES string of the molecule is C=C1C(=O)O[C@H]2C[C@@]3(C)O[C@@H]3CC/C(C)=C/[C@@H](O)[C@H]12. The second-order valence-corrected chi connectivity index (χ2v) is 6.16. The van der Waals surface area contributed by atoms with E-state index >= 15 is 0 Å². The maximum Gasteiger partial charge on any atom is 0.334 e. The van der Waals surface area contributed by atoms with E-state index in [2.05, 4.69) is 13.5 Å². The summed E-state index contributed by atoms with van der Waals surface area (Å²) in [6.07, 6.45) is 3.54. The molecule has 19 heavy (non-hydrogen) atoms. The van der Waals surface area contributed by atoms with Crippen LogP contribution in [0.4, 0.5) is 0 Å². The Morgan fingerprint density at radius 1 is 1.53 bits per heavy atom. The summed E-state index contributed by atoms with van der Waals surface area (Å²) in [5, 5.41) is 10.3. The van der Waals surface area contributed by atoms with Gasteiger partial charge in [-0.2, -0.15) is 0 Å². The zero-order chi connectivity index (χ0) is 13.8. The first kappa shape index (κ1) is 12.9. The second-order valence-electron chi connectivity index (χ2n) is 6.16. The molecule has 2 heterocycles. The lowest BCUT2D eigenvalue weighted by atomic mass is 9.83. The summed E-state index contributed by atoms with van der Waals surface area (Å²) in [5.74, 6) is -0.734. The van der Waals surface area contributed by atoms with Gasteiger partial charge in [0.1, 0.15) is 6.10 Å². The van der Waals surface area contributed by atoms with Crippen molar-refractivity contribution < 1.29 is 19.4 Å². The average molecular weight is 264 g/mol. The summed E-state index contributed by atoms with van der Waals surface area (Å²) >= 11 is 0. The Balaban J connectivity index is 1.92. The van der Waals surface area contributed by atoms with Gasteiger partial charge in [-0.1, -0.05) is 18.2 Å². The molecule has 0 amide bonds. The Morgan fingerprint density at radius 3 is 3.00 bits per heavy atom. The highest BCUT2D eigenvalue weighted by molar-refractivity contribution is 5.91. The van der Waals surface area contributed by atoms with Crippen molar-refractivity contribution in [3.63, 3.8) is 0 Å². The smallest absolute Gasteiger partial charge is 0.334 e. The molecule has 0 bridgehead atoms. The minimum absolute atomic E-state index is 0.217. The maximum atomic E-state index is 11.7. The Hall–Kier alpha value is -1.13. The monoisotopic (exact) mass is 264 g/mol. The minimum Gasteiger partial charge on any atom is -0.458 e. The topological polar surface area (TPSA) is 59.1 Å². The first-order chi connectivity index (χ1) is 8.90. The number of allylic oxidation sites excluding steroid dienone is 1. The van der Waals surface area contributed by atoms with Crippen molar-refractivity contribution in [1.82, 2.24) is 0 Å². The van der Waals surface area contributed by atoms with E-state index in [1.165, 1.54) is 0 Å². The predicted octanol–water partition coefficient (Wildman–Crippen LogP) is 1.73. The second kappa shape index (κ2) is 4.18. The summed E-state index contributed by atoms with van der Waals surface area (Å²) in [4.78, 5) is 11.7. The van der Waals surface area contributed by atoms with E-state index in [1.807, 2.05) is 13.0 Å². The molecular weight excluding hydrogens is 244 g/mol. The highest BCUT2D eigenvalue weighted by atomic mass is 16.6. The molecule has 2 fully saturated rings. The summed E-state index contributed by atoms with van der Waals surface area (Å²) in [5.41, 5.74) is 1.28. The highest BCUT2D eigenvalue weighted by Gasteiger charge is 2.56. The Morgan fingerprint density at radius 2 is 2.26 bits per heavy atom. The lowest BCUT2D eigenvalue weighted by Crippen LogP contribution is -2.32. The number of epoxide rings is 1. The maximum absolute atomic E-state index is 11.7. The normalized spacial score (nSPS) is 48.7. The van der Waals surface area contributed by atoms with Crippen LogP contribution in [0.1, 0.15) is 33.1 Å². The molecule has 0 aromatic heterocycles. The Kier molecular flexibility index (Phi) is 2.84. The van der Waals surface area contributed by atoms with Gasteiger partial charge in [0.25, 0.3) is 0 Å². The van der Waals surface area contributed by atoms with Crippen LogP contribution in [0.25, 0.3) is 0 Å². The van der Waals surface area contributed by atoms with E-state index in [4.69, 9.17) is 9.47 Å². The summed E-state index contributed by atoms with van der Waals surface area (Å²) in [6, 6.07) is 0. The predicted molar refractivity (Wildman–Crippen MR) is 69.4 cm³/mol. The number of rotatable bonds is 0. The third kappa shape index (κ3) is 2.13. The summed E-state index contributed by atoms with van der Waals surface area (Å²) in [7, 11) is 0. The molecule has 5 atom stereocenters. The van der Waals surface area contributed by atoms with Crippen molar-refractivity contribution in [3.8, 4) is 0 Å². The van der Waals surface area contributed by atoms with Crippen LogP contribution in [-0.2, 0) is 14.3 Å². The molecule has 1 aliphatic carbocycles. The average Bonchev–Trinajstić information content (AvgIpc) is 2.87. The number of hydrogen-bond donors (Lipinski definition) is 1. The van der Waals surface area contributed by atoms with E-state index < -0.39 is 6.10 Å². The van der Waals surface area contributed by atoms with Gasteiger partial charge in [-0.05, 0) is 26.7 Å². The molecule has 0 saturated carbocycles. The first-order valence-corrected chi connectivity index (χ1v) is 6.84. The standard InChI is InChI=1S/C15H20O4/c1-8-4-5-12-15(3,19-12)7-11-13(10(16)6-8)9(2)14(17)18-11/h6,10-13,16H,2,4-5,7H2,1,3H3/b8-6+/t10-,11+,12-,13+,15-/m1/s1. The van der Waals surface area contributed by atoms with E-state index in [-0.39, 0.29) is 29.7 Å². The van der Waals surface area contributed by atoms with Gasteiger partial charge in [0.2, 0.25) is 0 Å². The third-order valence-electron chi connectivity index (χ3n) is 4.59. The van der Waals surface area contributed by atoms with Crippen molar-refractivity contribution in [2.75, 3.05) is 0 Å². The molecule has 0 aromatic carbocycles. The largest absolute Gasteiger partial charge is 0.458 e. The molecule has 0 radical (unpaired) electrons. The van der Waals surface area contributed by atoms with E-state index in [0.29, 0.717) is 12.0 Å². The van der Waals surface area contributed by atoms with Gasteiger partial charge in [-0.25, -0.2) is 4.79 Å². The number of ether oxygens (including phenoxy) is 2. The summed E-state index contributed by atoms with van der Waals surface area (Å²) in [6.45, 7) is 7.83. The van der Waals surface area contributed by atoms with Crippen LogP contribution >= 0.6 is 0 Å². The Bertz CT molecular complexity index is 467. The van der Waals surface area contributed by atoms with Gasteiger partial charge >= 0.3 is 5.97 Å². The zero-order valence-corrected chi connectivity index (χ0v) is 11.4. The van der Waals surface area contributed by atoms with Gasteiger partial charge in [-0.3, -0.25) is 0 Å². The van der Waals surface area contributed by atoms with Crippen LogP contribution in [0.2, 0.25) is 0 Å².